The first-order valence-corrected chi connectivity index (χ1v) is 9.58. The molecule has 0 bridgehead atoms. The Bertz CT molecular complexity index is 1070. The van der Waals surface area contributed by atoms with E-state index in [0.717, 1.165) is 11.8 Å². The molecule has 1 unspecified atom stereocenters. The zero-order valence-electron chi connectivity index (χ0n) is 15.7. The van der Waals surface area contributed by atoms with Crippen LogP contribution >= 0.6 is 11.8 Å². The highest BCUT2D eigenvalue weighted by Gasteiger charge is 2.32. The van der Waals surface area contributed by atoms with Crippen molar-refractivity contribution < 1.29 is 29.3 Å². The number of methoxy groups -OCH3 is 1. The number of hydrogen-bond acceptors (Lipinski definition) is 8. The molecular formula is C20H17N3O6S. The lowest BCUT2D eigenvalue weighted by Gasteiger charge is -2.08. The van der Waals surface area contributed by atoms with Crippen molar-refractivity contribution in [3.05, 3.63) is 53.6 Å². The highest BCUT2D eigenvalue weighted by atomic mass is 32.2. The fourth-order valence-corrected chi connectivity index (χ4v) is 3.63. The number of rotatable bonds is 6. The van der Waals surface area contributed by atoms with E-state index in [2.05, 4.69) is 15.5 Å². The quantitative estimate of drug-likeness (QED) is 0.365. The molecule has 2 aromatic carbocycles. The van der Waals surface area contributed by atoms with E-state index in [4.69, 9.17) is 9.84 Å². The molecule has 10 heteroatoms. The fourth-order valence-electron chi connectivity index (χ4n) is 2.72. The Kier molecular flexibility index (Phi) is 6.48. The largest absolute Gasteiger partial charge is 0.507 e. The summed E-state index contributed by atoms with van der Waals surface area (Å²) in [5.74, 6) is -2.06. The minimum Gasteiger partial charge on any atom is -0.507 e. The van der Waals surface area contributed by atoms with E-state index in [0.29, 0.717) is 22.3 Å². The second-order valence-electron chi connectivity index (χ2n) is 6.16. The summed E-state index contributed by atoms with van der Waals surface area (Å²) in [6, 6.07) is 11.7. The van der Waals surface area contributed by atoms with Crippen LogP contribution in [-0.2, 0) is 14.3 Å². The standard InChI is InChI=1S/C20H17N3O6S/c1-29-19(28)12-5-2-4-11(8-12)14-7-3-6-13(17(14)26)10-21-23-20-22-18(27)15(30-20)9-16(24)25/h2-8,10,15,26H,9H2,1H3,(H,24,25)(H,22,23,27). The highest BCUT2D eigenvalue weighted by Crippen LogP contribution is 2.32. The monoisotopic (exact) mass is 427 g/mol. The molecule has 154 valence electrons. The summed E-state index contributed by atoms with van der Waals surface area (Å²) in [5, 5.41) is 29.0. The smallest absolute Gasteiger partial charge is 0.337 e. The van der Waals surface area contributed by atoms with Crippen LogP contribution in [0.2, 0.25) is 0 Å². The van der Waals surface area contributed by atoms with E-state index in [1.54, 1.807) is 42.5 Å². The normalized spacial score (nSPS) is 17.3. The van der Waals surface area contributed by atoms with Crippen molar-refractivity contribution in [1.29, 1.82) is 0 Å². The van der Waals surface area contributed by atoms with Crippen LogP contribution in [0.3, 0.4) is 0 Å². The van der Waals surface area contributed by atoms with E-state index in [1.807, 2.05) is 0 Å². The van der Waals surface area contributed by atoms with Gasteiger partial charge in [0.2, 0.25) is 5.91 Å². The maximum atomic E-state index is 11.7. The Hall–Kier alpha value is -3.66. The van der Waals surface area contributed by atoms with Crippen LogP contribution in [0.15, 0.2) is 52.7 Å². The van der Waals surface area contributed by atoms with Gasteiger partial charge in [-0.2, -0.15) is 5.10 Å². The molecule has 0 spiro atoms. The van der Waals surface area contributed by atoms with Gasteiger partial charge in [-0.15, -0.1) is 5.10 Å². The Labute approximate surface area is 175 Å². The van der Waals surface area contributed by atoms with E-state index in [9.17, 15) is 19.5 Å². The second kappa shape index (κ2) is 9.23. The SMILES string of the molecule is COC(=O)c1cccc(-c2cccc(C=NN=C3NC(=O)C(CC(=O)O)S3)c2O)c1. The molecule has 0 aliphatic carbocycles. The van der Waals surface area contributed by atoms with Crippen molar-refractivity contribution in [3.63, 3.8) is 0 Å². The highest BCUT2D eigenvalue weighted by molar-refractivity contribution is 8.15. The Morgan fingerprint density at radius 2 is 2.03 bits per heavy atom. The van der Waals surface area contributed by atoms with Gasteiger partial charge in [0.15, 0.2) is 5.17 Å². The number of hydrogen-bond donors (Lipinski definition) is 3. The number of carboxylic acids is 1. The number of phenolic OH excluding ortho intramolecular Hbond substituents is 1. The molecule has 0 saturated carbocycles. The number of esters is 1. The van der Waals surface area contributed by atoms with Crippen molar-refractivity contribution in [1.82, 2.24) is 5.32 Å². The third kappa shape index (κ3) is 4.84. The predicted octanol–water partition coefficient (Wildman–Crippen LogP) is 2.24. The van der Waals surface area contributed by atoms with Crippen LogP contribution in [0.5, 0.6) is 5.75 Å². The fraction of sp³-hybridized carbons (Fsp3) is 0.150. The third-order valence-corrected chi connectivity index (χ3v) is 5.22. The molecule has 1 aliphatic rings. The van der Waals surface area contributed by atoms with Gasteiger partial charge in [-0.05, 0) is 23.8 Å². The molecule has 3 N–H and O–H groups in total. The van der Waals surface area contributed by atoms with Crippen molar-refractivity contribution in [2.75, 3.05) is 7.11 Å². The van der Waals surface area contributed by atoms with Gasteiger partial charge < -0.3 is 20.3 Å². The van der Waals surface area contributed by atoms with Gasteiger partial charge in [0.25, 0.3) is 0 Å². The summed E-state index contributed by atoms with van der Waals surface area (Å²) >= 11 is 0.981. The average Bonchev–Trinajstić information content (AvgIpc) is 3.07. The summed E-state index contributed by atoms with van der Waals surface area (Å²) in [6.07, 6.45) is 1.000. The number of amides is 1. The van der Waals surface area contributed by atoms with Crippen LogP contribution in [0, 0.1) is 0 Å². The van der Waals surface area contributed by atoms with Gasteiger partial charge in [0.05, 0.1) is 25.3 Å². The molecule has 0 aromatic heterocycles. The number of para-hydroxylation sites is 1. The Morgan fingerprint density at radius 3 is 2.77 bits per heavy atom. The van der Waals surface area contributed by atoms with Gasteiger partial charge in [0, 0.05) is 11.1 Å². The number of carbonyl (C=O) groups is 3. The van der Waals surface area contributed by atoms with Gasteiger partial charge in [-0.1, -0.05) is 36.0 Å². The topological polar surface area (TPSA) is 138 Å². The Balaban J connectivity index is 1.80. The molecule has 0 radical (unpaired) electrons. The molecule has 1 saturated heterocycles. The number of carboxylic acid groups (broad SMARTS) is 1. The number of amidine groups is 1. The Morgan fingerprint density at radius 1 is 1.27 bits per heavy atom. The molecule has 2 aromatic rings. The molecule has 1 amide bonds. The molecule has 1 aliphatic heterocycles. The first-order chi connectivity index (χ1) is 14.4. The zero-order chi connectivity index (χ0) is 21.7. The molecular weight excluding hydrogens is 410 g/mol. The van der Waals surface area contributed by atoms with Crippen LogP contribution in [-0.4, -0.2) is 51.8 Å². The minimum absolute atomic E-state index is 0.0599. The maximum Gasteiger partial charge on any atom is 0.337 e. The first-order valence-electron chi connectivity index (χ1n) is 8.70. The second-order valence-corrected chi connectivity index (χ2v) is 7.35. The van der Waals surface area contributed by atoms with E-state index < -0.39 is 23.1 Å². The average molecular weight is 427 g/mol. The maximum absolute atomic E-state index is 11.7. The predicted molar refractivity (Wildman–Crippen MR) is 112 cm³/mol. The summed E-state index contributed by atoms with van der Waals surface area (Å²) in [5.41, 5.74) is 1.83. The van der Waals surface area contributed by atoms with Crippen molar-refractivity contribution >= 4 is 41.0 Å². The molecule has 9 nitrogen and oxygen atoms in total. The summed E-state index contributed by atoms with van der Waals surface area (Å²) in [6.45, 7) is 0. The van der Waals surface area contributed by atoms with Crippen LogP contribution in [0.1, 0.15) is 22.3 Å². The van der Waals surface area contributed by atoms with Gasteiger partial charge in [-0.3, -0.25) is 9.59 Å². The van der Waals surface area contributed by atoms with E-state index >= 15 is 0 Å². The number of thioether (sulfide) groups is 1. The van der Waals surface area contributed by atoms with Gasteiger partial charge >= 0.3 is 11.9 Å². The number of carbonyl (C=O) groups excluding carboxylic acids is 2. The molecule has 1 heterocycles. The summed E-state index contributed by atoms with van der Waals surface area (Å²) in [7, 11) is 1.29. The number of benzene rings is 2. The summed E-state index contributed by atoms with van der Waals surface area (Å²) < 4.78 is 4.72. The third-order valence-electron chi connectivity index (χ3n) is 4.14. The molecule has 3 rings (SSSR count). The number of aromatic hydroxyl groups is 1. The van der Waals surface area contributed by atoms with Gasteiger partial charge in [0.1, 0.15) is 11.0 Å². The number of nitrogens with one attached hydrogen (secondary N) is 1. The van der Waals surface area contributed by atoms with Crippen LogP contribution in [0.4, 0.5) is 0 Å². The molecule has 30 heavy (non-hydrogen) atoms. The lowest BCUT2D eigenvalue weighted by atomic mass is 10.00. The number of phenols is 1. The number of nitrogens with zero attached hydrogens (tertiary/aromatic N) is 2. The van der Waals surface area contributed by atoms with Crippen LogP contribution in [0.25, 0.3) is 11.1 Å². The van der Waals surface area contributed by atoms with Crippen LogP contribution < -0.4 is 5.32 Å². The lowest BCUT2D eigenvalue weighted by molar-refractivity contribution is -0.138. The number of ether oxygens (including phenoxy) is 1. The molecule has 1 atom stereocenters. The minimum atomic E-state index is -1.08. The van der Waals surface area contributed by atoms with Gasteiger partial charge in [-0.25, -0.2) is 4.79 Å². The zero-order valence-corrected chi connectivity index (χ0v) is 16.5. The summed E-state index contributed by atoms with van der Waals surface area (Å²) in [4.78, 5) is 34.2. The lowest BCUT2D eigenvalue weighted by Crippen LogP contribution is -2.26. The molecule has 1 fully saturated rings. The first kappa shape index (κ1) is 21.1. The van der Waals surface area contributed by atoms with Crippen molar-refractivity contribution in [2.45, 2.75) is 11.7 Å². The number of aliphatic carboxylic acids is 1. The van der Waals surface area contributed by atoms with E-state index in [-0.39, 0.29) is 17.3 Å². The van der Waals surface area contributed by atoms with Crippen molar-refractivity contribution in [3.8, 4) is 16.9 Å². The van der Waals surface area contributed by atoms with Crippen molar-refractivity contribution in [2.24, 2.45) is 10.2 Å². The van der Waals surface area contributed by atoms with E-state index in [1.165, 1.54) is 13.3 Å².